The lowest BCUT2D eigenvalue weighted by Gasteiger charge is -2.16. The van der Waals surface area contributed by atoms with Gasteiger partial charge in [-0.05, 0) is 37.5 Å². The van der Waals surface area contributed by atoms with Gasteiger partial charge < -0.3 is 10.4 Å². The van der Waals surface area contributed by atoms with Crippen LogP contribution in [0.15, 0.2) is 28.7 Å². The van der Waals surface area contributed by atoms with Gasteiger partial charge >= 0.3 is 0 Å². The maximum atomic E-state index is 12.1. The van der Waals surface area contributed by atoms with Gasteiger partial charge in [0.25, 0.3) is 0 Å². The Morgan fingerprint density at radius 1 is 1.47 bits per heavy atom. The van der Waals surface area contributed by atoms with E-state index in [9.17, 15) is 9.90 Å². The summed E-state index contributed by atoms with van der Waals surface area (Å²) in [5, 5.41) is 12.0. The Kier molecular flexibility index (Phi) is 3.54. The fraction of sp³-hybridized carbons (Fsp3) is 0.462. The van der Waals surface area contributed by atoms with Crippen LogP contribution < -0.4 is 5.32 Å². The van der Waals surface area contributed by atoms with Crippen LogP contribution in [0.1, 0.15) is 25.3 Å². The largest absolute Gasteiger partial charge is 0.392 e. The van der Waals surface area contributed by atoms with Crippen molar-refractivity contribution in [3.8, 4) is 0 Å². The van der Waals surface area contributed by atoms with Gasteiger partial charge in [0.05, 0.1) is 11.5 Å². The highest BCUT2D eigenvalue weighted by Gasteiger charge is 2.51. The molecular weight excluding hydrogens is 282 g/mol. The summed E-state index contributed by atoms with van der Waals surface area (Å²) in [6, 6.07) is 7.88. The number of carbonyl (C=O) groups is 1. The molecule has 0 saturated heterocycles. The van der Waals surface area contributed by atoms with Gasteiger partial charge in [-0.15, -0.1) is 0 Å². The summed E-state index contributed by atoms with van der Waals surface area (Å²) in [5.74, 6) is 0.0284. The Hall–Kier alpha value is -0.870. The highest BCUT2D eigenvalue weighted by Crippen LogP contribution is 2.48. The minimum absolute atomic E-state index is 0.0284. The maximum absolute atomic E-state index is 12.1. The number of aliphatic hydroxyl groups excluding tert-OH is 1. The van der Waals surface area contributed by atoms with Crippen molar-refractivity contribution < 1.29 is 9.90 Å². The van der Waals surface area contributed by atoms with Crippen molar-refractivity contribution in [2.24, 2.45) is 0 Å². The summed E-state index contributed by atoms with van der Waals surface area (Å²) in [4.78, 5) is 12.1. The van der Waals surface area contributed by atoms with Crippen LogP contribution in [-0.2, 0) is 10.2 Å². The fourth-order valence-electron chi connectivity index (χ4n) is 1.95. The average Bonchev–Trinajstić information content (AvgIpc) is 3.08. The molecule has 1 aromatic carbocycles. The molecule has 3 nitrogen and oxygen atoms in total. The zero-order chi connectivity index (χ0) is 12.5. The molecule has 0 radical (unpaired) electrons. The first-order valence-electron chi connectivity index (χ1n) is 5.77. The van der Waals surface area contributed by atoms with Crippen molar-refractivity contribution in [1.82, 2.24) is 5.32 Å². The molecule has 1 aromatic rings. The van der Waals surface area contributed by atoms with Crippen LogP contribution in [0.4, 0.5) is 0 Å². The van der Waals surface area contributed by atoms with E-state index in [1.807, 2.05) is 24.3 Å². The number of halogens is 1. The van der Waals surface area contributed by atoms with Gasteiger partial charge in [-0.3, -0.25) is 4.79 Å². The lowest BCUT2D eigenvalue weighted by Crippen LogP contribution is -2.38. The minimum Gasteiger partial charge on any atom is -0.392 e. The third-order valence-corrected chi connectivity index (χ3v) is 3.67. The molecule has 2 N–H and O–H groups in total. The summed E-state index contributed by atoms with van der Waals surface area (Å²) < 4.78 is 1.02. The van der Waals surface area contributed by atoms with Crippen LogP contribution in [-0.4, -0.2) is 23.7 Å². The monoisotopic (exact) mass is 297 g/mol. The van der Waals surface area contributed by atoms with Crippen molar-refractivity contribution in [3.05, 3.63) is 34.3 Å². The number of carbonyl (C=O) groups excluding carboxylic acids is 1. The number of rotatable bonds is 4. The van der Waals surface area contributed by atoms with E-state index >= 15 is 0 Å². The van der Waals surface area contributed by atoms with Crippen LogP contribution >= 0.6 is 15.9 Å². The molecule has 1 saturated carbocycles. The Morgan fingerprint density at radius 3 is 2.53 bits per heavy atom. The second kappa shape index (κ2) is 4.78. The van der Waals surface area contributed by atoms with Gasteiger partial charge in [-0.25, -0.2) is 0 Å². The molecule has 0 spiro atoms. The Bertz CT molecular complexity index is 410. The molecule has 1 aliphatic rings. The third kappa shape index (κ3) is 2.69. The molecule has 17 heavy (non-hydrogen) atoms. The summed E-state index contributed by atoms with van der Waals surface area (Å²) >= 11 is 3.39. The number of hydrogen-bond acceptors (Lipinski definition) is 2. The Balaban J connectivity index is 2.08. The van der Waals surface area contributed by atoms with Gasteiger partial charge in [0.15, 0.2) is 0 Å². The maximum Gasteiger partial charge on any atom is 0.230 e. The van der Waals surface area contributed by atoms with E-state index in [1.165, 1.54) is 0 Å². The van der Waals surface area contributed by atoms with Crippen molar-refractivity contribution in [1.29, 1.82) is 0 Å². The molecule has 0 bridgehead atoms. The highest BCUT2D eigenvalue weighted by molar-refractivity contribution is 9.10. The summed E-state index contributed by atoms with van der Waals surface area (Å²) in [6.45, 7) is 1.98. The van der Waals surface area contributed by atoms with Crippen LogP contribution in [0.5, 0.6) is 0 Å². The summed E-state index contributed by atoms with van der Waals surface area (Å²) in [6.07, 6.45) is 1.28. The summed E-state index contributed by atoms with van der Waals surface area (Å²) in [7, 11) is 0. The molecule has 2 rings (SSSR count). The molecule has 1 fully saturated rings. The van der Waals surface area contributed by atoms with Gasteiger partial charge in [0, 0.05) is 11.0 Å². The lowest BCUT2D eigenvalue weighted by molar-refractivity contribution is -0.124. The number of amides is 1. The molecule has 4 heteroatoms. The molecular formula is C13H16BrNO2. The molecule has 0 aliphatic heterocycles. The average molecular weight is 298 g/mol. The lowest BCUT2D eigenvalue weighted by atomic mass is 9.95. The van der Waals surface area contributed by atoms with E-state index in [-0.39, 0.29) is 11.3 Å². The van der Waals surface area contributed by atoms with Crippen molar-refractivity contribution in [2.75, 3.05) is 6.54 Å². The van der Waals surface area contributed by atoms with Gasteiger partial charge in [0.2, 0.25) is 5.91 Å². The van der Waals surface area contributed by atoms with Crippen molar-refractivity contribution >= 4 is 21.8 Å². The highest BCUT2D eigenvalue weighted by atomic mass is 79.9. The van der Waals surface area contributed by atoms with Crippen LogP contribution in [0, 0.1) is 0 Å². The zero-order valence-corrected chi connectivity index (χ0v) is 11.3. The molecule has 92 valence electrons. The summed E-state index contributed by atoms with van der Waals surface area (Å²) in [5.41, 5.74) is 0.707. The first kappa shape index (κ1) is 12.6. The predicted octanol–water partition coefficient (Wildman–Crippen LogP) is 1.98. The second-order valence-corrected chi connectivity index (χ2v) is 5.56. The fourth-order valence-corrected chi connectivity index (χ4v) is 2.21. The van der Waals surface area contributed by atoms with Crippen LogP contribution in [0.25, 0.3) is 0 Å². The van der Waals surface area contributed by atoms with Crippen LogP contribution in [0.3, 0.4) is 0 Å². The SMILES string of the molecule is CC(O)CNC(=O)C1(c2ccc(Br)cc2)CC1. The van der Waals surface area contributed by atoms with E-state index in [4.69, 9.17) is 0 Å². The minimum atomic E-state index is -0.500. The molecule has 1 unspecified atom stereocenters. The molecule has 1 aliphatic carbocycles. The molecule has 1 amide bonds. The molecule has 0 aromatic heterocycles. The quantitative estimate of drug-likeness (QED) is 0.893. The van der Waals surface area contributed by atoms with E-state index in [2.05, 4.69) is 21.2 Å². The normalized spacial score (nSPS) is 18.5. The molecule has 0 heterocycles. The second-order valence-electron chi connectivity index (χ2n) is 4.65. The number of aliphatic hydroxyl groups is 1. The predicted molar refractivity (Wildman–Crippen MR) is 69.7 cm³/mol. The van der Waals surface area contributed by atoms with Crippen molar-refractivity contribution in [2.45, 2.75) is 31.3 Å². The Labute approximate surface area is 109 Å². The molecule has 1 atom stereocenters. The van der Waals surface area contributed by atoms with E-state index in [0.29, 0.717) is 6.54 Å². The van der Waals surface area contributed by atoms with E-state index in [1.54, 1.807) is 6.92 Å². The first-order chi connectivity index (χ1) is 8.04. The number of nitrogens with one attached hydrogen (secondary N) is 1. The third-order valence-electron chi connectivity index (χ3n) is 3.14. The van der Waals surface area contributed by atoms with E-state index < -0.39 is 6.10 Å². The zero-order valence-electron chi connectivity index (χ0n) is 9.74. The number of hydrogen-bond donors (Lipinski definition) is 2. The smallest absolute Gasteiger partial charge is 0.230 e. The Morgan fingerprint density at radius 2 is 2.06 bits per heavy atom. The topological polar surface area (TPSA) is 49.3 Å². The van der Waals surface area contributed by atoms with Crippen molar-refractivity contribution in [3.63, 3.8) is 0 Å². The number of benzene rings is 1. The van der Waals surface area contributed by atoms with Gasteiger partial charge in [0.1, 0.15) is 0 Å². The first-order valence-corrected chi connectivity index (χ1v) is 6.56. The van der Waals surface area contributed by atoms with Gasteiger partial charge in [-0.2, -0.15) is 0 Å². The van der Waals surface area contributed by atoms with E-state index in [0.717, 1.165) is 22.9 Å². The standard InChI is InChI=1S/C13H16BrNO2/c1-9(16)8-15-12(17)13(6-7-13)10-2-4-11(14)5-3-10/h2-5,9,16H,6-8H2,1H3,(H,15,17). The van der Waals surface area contributed by atoms with Gasteiger partial charge in [-0.1, -0.05) is 28.1 Å². The van der Waals surface area contributed by atoms with Crippen LogP contribution in [0.2, 0.25) is 0 Å².